The van der Waals surface area contributed by atoms with Gasteiger partial charge in [-0.15, -0.1) is 0 Å². The van der Waals surface area contributed by atoms with Crippen LogP contribution in [0.15, 0.2) is 54.7 Å². The molecule has 7 heteroatoms. The maximum Gasteiger partial charge on any atom is 0.252 e. The maximum absolute atomic E-state index is 12.6. The summed E-state index contributed by atoms with van der Waals surface area (Å²) in [5.74, 6) is -0.222. The van der Waals surface area contributed by atoms with Crippen LogP contribution < -0.4 is 5.32 Å². The summed E-state index contributed by atoms with van der Waals surface area (Å²) in [4.78, 5) is 24.1. The molecule has 7 nitrogen and oxygen atoms in total. The Hall–Kier alpha value is -2.87. The summed E-state index contributed by atoms with van der Waals surface area (Å²) in [5.41, 5.74) is 3.06. The number of rotatable bonds is 6. The van der Waals surface area contributed by atoms with E-state index in [-0.39, 0.29) is 25.2 Å². The van der Waals surface area contributed by atoms with Crippen LogP contribution in [0.4, 0.5) is 0 Å². The third-order valence-corrected chi connectivity index (χ3v) is 4.97. The molecule has 0 radical (unpaired) electrons. The molecule has 1 aromatic carbocycles. The summed E-state index contributed by atoms with van der Waals surface area (Å²) < 4.78 is 6.00. The average Bonchev–Trinajstić information content (AvgIpc) is 2.77. The Morgan fingerprint density at radius 3 is 2.93 bits per heavy atom. The number of carbonyl (C=O) groups is 1. The van der Waals surface area contributed by atoms with Crippen LogP contribution in [0.25, 0.3) is 10.9 Å². The number of benzene rings is 1. The van der Waals surface area contributed by atoms with Crippen molar-refractivity contribution in [3.8, 4) is 0 Å². The fourth-order valence-electron chi connectivity index (χ4n) is 3.56. The Morgan fingerprint density at radius 2 is 2.10 bits per heavy atom. The second-order valence-electron chi connectivity index (χ2n) is 7.01. The van der Waals surface area contributed by atoms with Gasteiger partial charge in [-0.2, -0.15) is 0 Å². The van der Waals surface area contributed by atoms with E-state index in [0.717, 1.165) is 35.4 Å². The van der Waals surface area contributed by atoms with Gasteiger partial charge in [0.15, 0.2) is 0 Å². The van der Waals surface area contributed by atoms with Crippen LogP contribution >= 0.6 is 0 Å². The smallest absolute Gasteiger partial charge is 0.252 e. The van der Waals surface area contributed by atoms with E-state index in [1.807, 2.05) is 48.5 Å². The molecule has 1 aliphatic heterocycles. The van der Waals surface area contributed by atoms with Gasteiger partial charge in [-0.25, -0.2) is 4.98 Å². The minimum Gasteiger partial charge on any atom is -0.395 e. The lowest BCUT2D eigenvalue weighted by Crippen LogP contribution is -2.38. The number of aliphatic hydroxyl groups excluding tert-OH is 1. The number of morpholine rings is 1. The van der Waals surface area contributed by atoms with E-state index >= 15 is 0 Å². The lowest BCUT2D eigenvalue weighted by molar-refractivity contribution is -0.0352. The van der Waals surface area contributed by atoms with Crippen molar-refractivity contribution in [1.29, 1.82) is 0 Å². The molecule has 2 aromatic heterocycles. The molecule has 1 saturated heterocycles. The highest BCUT2D eigenvalue weighted by atomic mass is 16.5. The highest BCUT2D eigenvalue weighted by Gasteiger charge is 2.25. The number of hydrogen-bond acceptors (Lipinski definition) is 6. The Balaban J connectivity index is 1.60. The van der Waals surface area contributed by atoms with E-state index in [0.29, 0.717) is 18.7 Å². The Bertz CT molecular complexity index is 980. The van der Waals surface area contributed by atoms with E-state index in [2.05, 4.69) is 15.2 Å². The van der Waals surface area contributed by atoms with Crippen molar-refractivity contribution in [2.75, 3.05) is 32.8 Å². The number of aromatic nitrogens is 2. The molecular weight excluding hydrogens is 368 g/mol. The number of pyridine rings is 2. The van der Waals surface area contributed by atoms with Gasteiger partial charge in [-0.1, -0.05) is 24.3 Å². The van der Waals surface area contributed by atoms with E-state index < -0.39 is 0 Å². The van der Waals surface area contributed by atoms with Gasteiger partial charge in [0.05, 0.1) is 35.7 Å². The van der Waals surface area contributed by atoms with E-state index in [1.54, 1.807) is 6.20 Å². The molecule has 0 saturated carbocycles. The molecule has 3 aromatic rings. The van der Waals surface area contributed by atoms with Crippen molar-refractivity contribution in [1.82, 2.24) is 20.2 Å². The van der Waals surface area contributed by atoms with Crippen LogP contribution in [-0.2, 0) is 11.3 Å². The fraction of sp³-hybridized carbons (Fsp3) is 0.318. The summed E-state index contributed by atoms with van der Waals surface area (Å²) in [6.07, 6.45) is 1.58. The fourth-order valence-corrected chi connectivity index (χ4v) is 3.56. The van der Waals surface area contributed by atoms with Gasteiger partial charge in [-0.3, -0.25) is 14.7 Å². The third-order valence-electron chi connectivity index (χ3n) is 4.97. The first-order valence-corrected chi connectivity index (χ1v) is 9.77. The van der Waals surface area contributed by atoms with E-state index in [1.165, 1.54) is 0 Å². The van der Waals surface area contributed by atoms with Crippen LogP contribution in [0.3, 0.4) is 0 Å². The quantitative estimate of drug-likeness (QED) is 0.667. The zero-order valence-corrected chi connectivity index (χ0v) is 16.1. The number of nitrogens with one attached hydrogen (secondary N) is 1. The summed E-state index contributed by atoms with van der Waals surface area (Å²) in [6.45, 7) is 2.96. The molecule has 0 bridgehead atoms. The number of hydrogen-bond donors (Lipinski definition) is 2. The van der Waals surface area contributed by atoms with Crippen molar-refractivity contribution in [2.24, 2.45) is 0 Å². The monoisotopic (exact) mass is 392 g/mol. The molecule has 4 rings (SSSR count). The first kappa shape index (κ1) is 19.4. The van der Waals surface area contributed by atoms with Crippen LogP contribution in [0.2, 0.25) is 0 Å². The van der Waals surface area contributed by atoms with Crippen LogP contribution in [0.5, 0.6) is 0 Å². The number of nitrogens with zero attached hydrogens (tertiary/aromatic N) is 3. The van der Waals surface area contributed by atoms with Gasteiger partial charge >= 0.3 is 0 Å². The molecule has 0 unspecified atom stereocenters. The summed E-state index contributed by atoms with van der Waals surface area (Å²) in [6, 6.07) is 15.3. The molecule has 150 valence electrons. The summed E-state index contributed by atoms with van der Waals surface area (Å²) >= 11 is 0. The van der Waals surface area contributed by atoms with E-state index in [4.69, 9.17) is 14.8 Å². The minimum atomic E-state index is -0.222. The Morgan fingerprint density at radius 1 is 1.24 bits per heavy atom. The highest BCUT2D eigenvalue weighted by molar-refractivity contribution is 6.06. The van der Waals surface area contributed by atoms with Gasteiger partial charge in [0.2, 0.25) is 0 Å². The topological polar surface area (TPSA) is 87.6 Å². The van der Waals surface area contributed by atoms with Crippen molar-refractivity contribution in [2.45, 2.75) is 12.6 Å². The van der Waals surface area contributed by atoms with Crippen LogP contribution in [-0.4, -0.2) is 58.7 Å². The van der Waals surface area contributed by atoms with Crippen LogP contribution in [0.1, 0.15) is 27.8 Å². The number of para-hydroxylation sites is 1. The lowest BCUT2D eigenvalue weighted by atomic mass is 10.0. The third kappa shape index (κ3) is 4.59. The lowest BCUT2D eigenvalue weighted by Gasteiger charge is -2.32. The van der Waals surface area contributed by atoms with Gasteiger partial charge in [-0.05, 0) is 24.3 Å². The predicted octanol–water partition coefficient (Wildman–Crippen LogP) is 1.93. The van der Waals surface area contributed by atoms with Crippen molar-refractivity contribution < 1.29 is 14.6 Å². The second kappa shape index (κ2) is 9.09. The molecule has 1 atom stereocenters. The van der Waals surface area contributed by atoms with E-state index in [9.17, 15) is 4.79 Å². The molecule has 1 amide bonds. The summed E-state index contributed by atoms with van der Waals surface area (Å²) in [5, 5.41) is 12.5. The Kier molecular flexibility index (Phi) is 6.09. The Labute approximate surface area is 169 Å². The van der Waals surface area contributed by atoms with Gasteiger partial charge in [0.1, 0.15) is 6.10 Å². The van der Waals surface area contributed by atoms with Crippen molar-refractivity contribution >= 4 is 16.8 Å². The number of ether oxygens (including phenoxy) is 1. The second-order valence-corrected chi connectivity index (χ2v) is 7.01. The standard InChI is InChI=1S/C22H24N4O3/c27-11-9-24-22(28)18-13-20(25-19-7-2-1-6-17(18)19)21-15-26(10-12-29-21)14-16-5-3-4-8-23-16/h1-8,13,21,27H,9-12,14-15H2,(H,24,28)/t21-/m0/s1. The highest BCUT2D eigenvalue weighted by Crippen LogP contribution is 2.26. The zero-order chi connectivity index (χ0) is 20.1. The number of aliphatic hydroxyl groups is 1. The molecule has 2 N–H and O–H groups in total. The molecular formula is C22H24N4O3. The number of carbonyl (C=O) groups excluding carboxylic acids is 1. The summed E-state index contributed by atoms with van der Waals surface area (Å²) in [7, 11) is 0. The SMILES string of the molecule is O=C(NCCO)c1cc([C@@H]2CN(Cc3ccccn3)CCO2)nc2ccccc12. The minimum absolute atomic E-state index is 0.101. The van der Waals surface area contributed by atoms with Gasteiger partial charge < -0.3 is 15.2 Å². The molecule has 3 heterocycles. The normalized spacial score (nSPS) is 17.3. The molecule has 1 fully saturated rings. The molecule has 0 aliphatic carbocycles. The number of fused-ring (bicyclic) bond motifs is 1. The zero-order valence-electron chi connectivity index (χ0n) is 16.1. The molecule has 1 aliphatic rings. The van der Waals surface area contributed by atoms with Crippen molar-refractivity contribution in [3.63, 3.8) is 0 Å². The van der Waals surface area contributed by atoms with Gasteiger partial charge in [0.25, 0.3) is 5.91 Å². The molecule has 0 spiro atoms. The van der Waals surface area contributed by atoms with Crippen LogP contribution in [0, 0.1) is 0 Å². The first-order chi connectivity index (χ1) is 14.2. The number of amides is 1. The molecule has 29 heavy (non-hydrogen) atoms. The predicted molar refractivity (Wildman–Crippen MR) is 109 cm³/mol. The van der Waals surface area contributed by atoms with Gasteiger partial charge in [0, 0.05) is 37.8 Å². The van der Waals surface area contributed by atoms with Crippen molar-refractivity contribution in [3.05, 3.63) is 71.7 Å². The maximum atomic E-state index is 12.6. The largest absolute Gasteiger partial charge is 0.395 e. The average molecular weight is 392 g/mol. The first-order valence-electron chi connectivity index (χ1n) is 9.77.